The van der Waals surface area contributed by atoms with Crippen LogP contribution in [0, 0.1) is 0 Å². The highest BCUT2D eigenvalue weighted by atomic mass is 16.4. The summed E-state index contributed by atoms with van der Waals surface area (Å²) in [5.41, 5.74) is 0.932. The third kappa shape index (κ3) is 3.54. The Morgan fingerprint density at radius 2 is 2.22 bits per heavy atom. The van der Waals surface area contributed by atoms with E-state index in [1.165, 1.54) is 6.20 Å². The van der Waals surface area contributed by atoms with Gasteiger partial charge in [-0.3, -0.25) is 9.58 Å². The molecule has 1 rings (SSSR count). The first-order valence-electron chi connectivity index (χ1n) is 6.06. The number of carbonyl (C=O) groups is 1. The highest BCUT2D eigenvalue weighted by Gasteiger charge is 2.19. The minimum atomic E-state index is -0.955. The minimum Gasteiger partial charge on any atom is -0.478 e. The number of carboxylic acid groups (broad SMARTS) is 1. The van der Waals surface area contributed by atoms with Gasteiger partial charge in [0.2, 0.25) is 0 Å². The van der Waals surface area contributed by atoms with Gasteiger partial charge in [-0.05, 0) is 20.3 Å². The van der Waals surface area contributed by atoms with Gasteiger partial charge in [0.15, 0.2) is 0 Å². The zero-order valence-corrected chi connectivity index (χ0v) is 11.1. The second-order valence-electron chi connectivity index (χ2n) is 4.58. The van der Waals surface area contributed by atoms with Gasteiger partial charge in [-0.2, -0.15) is 5.10 Å². The van der Waals surface area contributed by atoms with Crippen molar-refractivity contribution in [1.29, 1.82) is 0 Å². The molecule has 0 spiro atoms. The van der Waals surface area contributed by atoms with Crippen molar-refractivity contribution in [3.63, 3.8) is 0 Å². The molecule has 0 saturated heterocycles. The van der Waals surface area contributed by atoms with Crippen LogP contribution in [0.5, 0.6) is 0 Å². The molecular formula is C12H21N3O3. The summed E-state index contributed by atoms with van der Waals surface area (Å²) in [5.74, 6) is -0.955. The highest BCUT2D eigenvalue weighted by Crippen LogP contribution is 2.13. The molecule has 0 unspecified atom stereocenters. The molecule has 6 nitrogen and oxygen atoms in total. The smallest absolute Gasteiger partial charge is 0.339 e. The predicted octanol–water partition coefficient (Wildman–Crippen LogP) is 0.711. The van der Waals surface area contributed by atoms with E-state index in [-0.39, 0.29) is 18.2 Å². The molecular weight excluding hydrogens is 234 g/mol. The summed E-state index contributed by atoms with van der Waals surface area (Å²) in [4.78, 5) is 13.2. The third-order valence-corrected chi connectivity index (χ3v) is 2.98. The molecule has 0 aliphatic rings. The van der Waals surface area contributed by atoms with Gasteiger partial charge >= 0.3 is 5.97 Å². The maximum Gasteiger partial charge on any atom is 0.339 e. The lowest BCUT2D eigenvalue weighted by Crippen LogP contribution is -2.33. The maximum atomic E-state index is 11.1. The fraction of sp³-hybridized carbons (Fsp3) is 0.667. The minimum absolute atomic E-state index is 0.139. The molecule has 18 heavy (non-hydrogen) atoms. The Kier molecular flexibility index (Phi) is 5.30. The Balaban J connectivity index is 2.86. The topological polar surface area (TPSA) is 78.6 Å². The molecule has 0 radical (unpaired) electrons. The number of nitrogens with zero attached hydrogens (tertiary/aromatic N) is 3. The molecule has 1 aromatic rings. The van der Waals surface area contributed by atoms with Crippen LogP contribution in [0.4, 0.5) is 0 Å². The van der Waals surface area contributed by atoms with Crippen LogP contribution in [-0.4, -0.2) is 50.1 Å². The van der Waals surface area contributed by atoms with Gasteiger partial charge in [0.05, 0.1) is 11.9 Å². The quantitative estimate of drug-likeness (QED) is 0.750. The van der Waals surface area contributed by atoms with Gasteiger partial charge < -0.3 is 10.2 Å². The number of rotatable bonds is 7. The van der Waals surface area contributed by atoms with Crippen LogP contribution in [-0.2, 0) is 13.6 Å². The summed E-state index contributed by atoms with van der Waals surface area (Å²) in [5, 5.41) is 22.0. The Hall–Kier alpha value is -1.40. The molecule has 0 aromatic carbocycles. The van der Waals surface area contributed by atoms with Gasteiger partial charge in [0.1, 0.15) is 5.56 Å². The van der Waals surface area contributed by atoms with Gasteiger partial charge in [-0.25, -0.2) is 4.79 Å². The number of hydrogen-bond acceptors (Lipinski definition) is 4. The standard InChI is InChI=1S/C12H21N3O3/c1-9(2)15(5-4-6-16)8-11-10(12(17)18)7-13-14(11)3/h7,9,16H,4-6,8H2,1-3H3,(H,17,18). The monoisotopic (exact) mass is 255 g/mol. The first-order chi connectivity index (χ1) is 8.47. The van der Waals surface area contributed by atoms with Gasteiger partial charge in [0, 0.05) is 32.8 Å². The van der Waals surface area contributed by atoms with E-state index in [4.69, 9.17) is 10.2 Å². The molecule has 0 fully saturated rings. The first kappa shape index (κ1) is 14.7. The summed E-state index contributed by atoms with van der Waals surface area (Å²) < 4.78 is 1.60. The van der Waals surface area contributed by atoms with E-state index in [9.17, 15) is 4.79 Å². The molecule has 0 atom stereocenters. The van der Waals surface area contributed by atoms with Crippen LogP contribution >= 0.6 is 0 Å². The number of hydrogen-bond donors (Lipinski definition) is 2. The molecule has 1 aromatic heterocycles. The largest absolute Gasteiger partial charge is 0.478 e. The lowest BCUT2D eigenvalue weighted by Gasteiger charge is -2.26. The second-order valence-corrected chi connectivity index (χ2v) is 4.58. The molecule has 0 saturated carbocycles. The van der Waals surface area contributed by atoms with Gasteiger partial charge in [0.25, 0.3) is 0 Å². The number of aromatic nitrogens is 2. The van der Waals surface area contributed by atoms with Crippen molar-refractivity contribution in [2.75, 3.05) is 13.2 Å². The van der Waals surface area contributed by atoms with E-state index in [1.54, 1.807) is 11.7 Å². The Bertz CT molecular complexity index is 401. The van der Waals surface area contributed by atoms with Crippen LogP contribution in [0.25, 0.3) is 0 Å². The van der Waals surface area contributed by atoms with E-state index >= 15 is 0 Å². The van der Waals surface area contributed by atoms with Crippen molar-refractivity contribution < 1.29 is 15.0 Å². The van der Waals surface area contributed by atoms with Crippen LogP contribution in [0.15, 0.2) is 6.20 Å². The summed E-state index contributed by atoms with van der Waals surface area (Å²) in [6, 6.07) is 0.285. The maximum absolute atomic E-state index is 11.1. The van der Waals surface area contributed by atoms with E-state index in [2.05, 4.69) is 10.00 Å². The fourth-order valence-corrected chi connectivity index (χ4v) is 1.82. The van der Waals surface area contributed by atoms with Crippen molar-refractivity contribution in [2.45, 2.75) is 32.9 Å². The van der Waals surface area contributed by atoms with Crippen LogP contribution in [0.2, 0.25) is 0 Å². The van der Waals surface area contributed by atoms with Crippen LogP contribution in [0.1, 0.15) is 36.3 Å². The zero-order valence-electron chi connectivity index (χ0n) is 11.1. The average molecular weight is 255 g/mol. The normalized spacial score (nSPS) is 11.4. The van der Waals surface area contributed by atoms with Gasteiger partial charge in [-0.1, -0.05) is 0 Å². The third-order valence-electron chi connectivity index (χ3n) is 2.98. The predicted molar refractivity (Wildman–Crippen MR) is 67.4 cm³/mol. The van der Waals surface area contributed by atoms with E-state index in [0.717, 1.165) is 6.54 Å². The Morgan fingerprint density at radius 3 is 2.72 bits per heavy atom. The highest BCUT2D eigenvalue weighted by molar-refractivity contribution is 5.88. The van der Waals surface area contributed by atoms with E-state index in [0.29, 0.717) is 18.7 Å². The van der Waals surface area contributed by atoms with Gasteiger partial charge in [-0.15, -0.1) is 0 Å². The summed E-state index contributed by atoms with van der Waals surface area (Å²) in [6.07, 6.45) is 2.06. The molecule has 0 aliphatic heterocycles. The molecule has 2 N–H and O–H groups in total. The van der Waals surface area contributed by atoms with E-state index in [1.807, 2.05) is 13.8 Å². The zero-order chi connectivity index (χ0) is 13.7. The summed E-state index contributed by atoms with van der Waals surface area (Å²) in [6.45, 7) is 5.50. The first-order valence-corrected chi connectivity index (χ1v) is 6.06. The van der Waals surface area contributed by atoms with Crippen molar-refractivity contribution in [2.24, 2.45) is 7.05 Å². The van der Waals surface area contributed by atoms with Crippen molar-refractivity contribution in [3.05, 3.63) is 17.5 Å². The SMILES string of the molecule is CC(C)N(CCCO)Cc1c(C(=O)O)cnn1C. The number of aliphatic hydroxyl groups is 1. The number of aryl methyl sites for hydroxylation is 1. The van der Waals surface area contributed by atoms with Crippen molar-refractivity contribution in [1.82, 2.24) is 14.7 Å². The molecule has 102 valence electrons. The van der Waals surface area contributed by atoms with Crippen molar-refractivity contribution in [3.8, 4) is 0 Å². The second kappa shape index (κ2) is 6.51. The lowest BCUT2D eigenvalue weighted by molar-refractivity contribution is 0.0693. The Morgan fingerprint density at radius 1 is 1.56 bits per heavy atom. The number of carboxylic acids is 1. The molecule has 0 aliphatic carbocycles. The van der Waals surface area contributed by atoms with Crippen molar-refractivity contribution >= 4 is 5.97 Å². The number of aromatic carboxylic acids is 1. The fourth-order valence-electron chi connectivity index (χ4n) is 1.82. The lowest BCUT2D eigenvalue weighted by atomic mass is 10.2. The number of aliphatic hydroxyl groups excluding tert-OH is 1. The summed E-state index contributed by atoms with van der Waals surface area (Å²) in [7, 11) is 1.74. The molecule has 0 amide bonds. The van der Waals surface area contributed by atoms with Crippen LogP contribution < -0.4 is 0 Å². The molecule has 6 heteroatoms. The van der Waals surface area contributed by atoms with E-state index < -0.39 is 5.97 Å². The molecule has 1 heterocycles. The summed E-state index contributed by atoms with van der Waals surface area (Å²) >= 11 is 0. The van der Waals surface area contributed by atoms with Crippen LogP contribution in [0.3, 0.4) is 0 Å². The Labute approximate surface area is 107 Å². The average Bonchev–Trinajstić information content (AvgIpc) is 2.65. The molecule has 0 bridgehead atoms.